The fourth-order valence-electron chi connectivity index (χ4n) is 2.96. The maximum absolute atomic E-state index is 12.9. The number of hydrogen-bond donors (Lipinski definition) is 2. The maximum atomic E-state index is 12.9. The highest BCUT2D eigenvalue weighted by Gasteiger charge is 2.21. The first kappa shape index (κ1) is 19.9. The van der Waals surface area contributed by atoms with Gasteiger partial charge in [0.2, 0.25) is 0 Å². The second kappa shape index (κ2) is 8.02. The maximum Gasteiger partial charge on any atom is 0.295 e. The molecule has 0 radical (unpaired) electrons. The average molecular weight is 391 g/mol. The quantitative estimate of drug-likeness (QED) is 0.397. The first-order valence-corrected chi connectivity index (χ1v) is 8.96. The number of carbonyl (C=O) groups excluding carboxylic acids is 2. The molecule has 7 nitrogen and oxygen atoms in total. The second-order valence-corrected chi connectivity index (χ2v) is 6.60. The lowest BCUT2D eigenvalue weighted by Crippen LogP contribution is -2.25. The molecule has 0 saturated carbocycles. The van der Waals surface area contributed by atoms with E-state index in [2.05, 4.69) is 5.32 Å². The molecule has 2 aromatic carbocycles. The summed E-state index contributed by atoms with van der Waals surface area (Å²) in [5.74, 6) is -1.03. The van der Waals surface area contributed by atoms with Crippen LogP contribution in [-0.2, 0) is 16.6 Å². The number of rotatable bonds is 5. The molecule has 0 bridgehead atoms. The summed E-state index contributed by atoms with van der Waals surface area (Å²) in [5.41, 5.74) is 1.42. The van der Waals surface area contributed by atoms with Crippen molar-refractivity contribution in [3.8, 4) is 11.4 Å². The number of aromatic nitrogens is 2. The van der Waals surface area contributed by atoms with Crippen LogP contribution in [0.15, 0.2) is 65.0 Å². The molecule has 148 valence electrons. The Hall–Kier alpha value is -3.87. The van der Waals surface area contributed by atoms with Crippen molar-refractivity contribution in [2.75, 3.05) is 5.32 Å². The number of benzene rings is 2. The molecule has 0 aliphatic carbocycles. The number of nitrogens with zero attached hydrogens (tertiary/aromatic N) is 2. The van der Waals surface area contributed by atoms with Crippen molar-refractivity contribution in [3.05, 3.63) is 81.8 Å². The molecule has 3 rings (SSSR count). The molecule has 0 atom stereocenters. The summed E-state index contributed by atoms with van der Waals surface area (Å²) in [7, 11) is 1.72. The van der Waals surface area contributed by atoms with Crippen molar-refractivity contribution in [1.82, 2.24) is 9.36 Å². The smallest absolute Gasteiger partial charge is 0.295 e. The van der Waals surface area contributed by atoms with Gasteiger partial charge in [-0.2, -0.15) is 0 Å². The van der Waals surface area contributed by atoms with E-state index in [1.807, 2.05) is 18.2 Å². The van der Waals surface area contributed by atoms with Gasteiger partial charge in [0, 0.05) is 7.05 Å². The zero-order chi connectivity index (χ0) is 21.1. The first-order valence-electron chi connectivity index (χ1n) is 8.96. The predicted molar refractivity (Wildman–Crippen MR) is 111 cm³/mol. The number of aromatic hydroxyl groups is 1. The third kappa shape index (κ3) is 4.03. The van der Waals surface area contributed by atoms with Crippen LogP contribution in [0.2, 0.25) is 0 Å². The fourth-order valence-corrected chi connectivity index (χ4v) is 2.96. The molecular formula is C22H21N3O4. The zero-order valence-electron chi connectivity index (χ0n) is 16.3. The van der Waals surface area contributed by atoms with Crippen LogP contribution in [0.3, 0.4) is 0 Å². The van der Waals surface area contributed by atoms with Crippen LogP contribution in [0.4, 0.5) is 5.69 Å². The molecule has 1 aromatic heterocycles. The van der Waals surface area contributed by atoms with Crippen LogP contribution < -0.4 is 10.9 Å². The number of anilines is 1. The number of ketones is 1. The Balaban J connectivity index is 1.98. The number of amides is 1. The van der Waals surface area contributed by atoms with E-state index in [0.717, 1.165) is 0 Å². The molecule has 3 aromatic rings. The molecule has 29 heavy (non-hydrogen) atoms. The Bertz CT molecular complexity index is 1150. The molecule has 7 heteroatoms. The highest BCUT2D eigenvalue weighted by Crippen LogP contribution is 2.17. The van der Waals surface area contributed by atoms with Crippen molar-refractivity contribution in [3.63, 3.8) is 0 Å². The highest BCUT2D eigenvalue weighted by molar-refractivity contribution is 6.25. The summed E-state index contributed by atoms with van der Waals surface area (Å²) >= 11 is 0. The van der Waals surface area contributed by atoms with E-state index in [1.54, 1.807) is 42.9 Å². The van der Waals surface area contributed by atoms with E-state index < -0.39 is 17.2 Å². The summed E-state index contributed by atoms with van der Waals surface area (Å²) in [6.07, 6.45) is 1.42. The summed E-state index contributed by atoms with van der Waals surface area (Å²) in [6, 6.07) is 15.1. The molecule has 2 N–H and O–H groups in total. The predicted octanol–water partition coefficient (Wildman–Crippen LogP) is 2.80. The van der Waals surface area contributed by atoms with Crippen LogP contribution in [0.5, 0.6) is 5.75 Å². The number of nitrogens with one attached hydrogen (secondary N) is 1. The van der Waals surface area contributed by atoms with E-state index in [1.165, 1.54) is 29.8 Å². The van der Waals surface area contributed by atoms with Crippen LogP contribution in [0.1, 0.15) is 18.2 Å². The van der Waals surface area contributed by atoms with Gasteiger partial charge in [0.1, 0.15) is 11.4 Å². The van der Waals surface area contributed by atoms with Crippen LogP contribution in [-0.4, -0.2) is 26.2 Å². The average Bonchev–Trinajstić information content (AvgIpc) is 2.91. The second-order valence-electron chi connectivity index (χ2n) is 6.60. The molecule has 0 aliphatic heterocycles. The minimum atomic E-state index is -0.670. The summed E-state index contributed by atoms with van der Waals surface area (Å²) in [6.45, 7) is 3.00. The van der Waals surface area contributed by atoms with E-state index in [0.29, 0.717) is 16.9 Å². The van der Waals surface area contributed by atoms with Crippen molar-refractivity contribution in [2.45, 2.75) is 13.8 Å². The lowest BCUT2D eigenvalue weighted by atomic mass is 10.1. The Kier molecular flexibility index (Phi) is 5.50. The number of phenolic OH excluding ortho intramolecular Hbond substituents is 1. The zero-order valence-corrected chi connectivity index (χ0v) is 16.3. The molecule has 0 unspecified atom stereocenters. The van der Waals surface area contributed by atoms with Gasteiger partial charge < -0.3 is 10.4 Å². The normalized spacial score (nSPS) is 11.3. The third-order valence-corrected chi connectivity index (χ3v) is 4.62. The highest BCUT2D eigenvalue weighted by atomic mass is 16.3. The number of phenols is 1. The van der Waals surface area contributed by atoms with Gasteiger partial charge in [-0.1, -0.05) is 30.3 Å². The number of Topliss-reactive ketones (excluding diaryl/α,β-unsaturated/α-hetero) is 1. The molecule has 0 fully saturated rings. The van der Waals surface area contributed by atoms with Crippen molar-refractivity contribution in [2.24, 2.45) is 7.05 Å². The lowest BCUT2D eigenvalue weighted by molar-refractivity contribution is -0.118. The Labute approximate surface area is 167 Å². The van der Waals surface area contributed by atoms with Gasteiger partial charge in [-0.05, 0) is 49.8 Å². The van der Waals surface area contributed by atoms with Crippen LogP contribution >= 0.6 is 0 Å². The number of carbonyl (C=O) groups is 2. The van der Waals surface area contributed by atoms with Crippen molar-refractivity contribution < 1.29 is 14.7 Å². The minimum Gasteiger partial charge on any atom is -0.508 e. The largest absolute Gasteiger partial charge is 0.508 e. The SMILES string of the molecule is CC(=O)C(=Cc1ccc(O)cc1)C(=O)Nc1c(C)n(C)n(-c2ccccc2)c1=O. The minimum absolute atomic E-state index is 0.0809. The van der Waals surface area contributed by atoms with Crippen LogP contribution in [0, 0.1) is 6.92 Å². The molecule has 0 saturated heterocycles. The monoisotopic (exact) mass is 391 g/mol. The van der Waals surface area contributed by atoms with Crippen molar-refractivity contribution in [1.29, 1.82) is 0 Å². The van der Waals surface area contributed by atoms with Gasteiger partial charge in [0.05, 0.1) is 17.0 Å². The van der Waals surface area contributed by atoms with Gasteiger partial charge >= 0.3 is 0 Å². The van der Waals surface area contributed by atoms with E-state index in [9.17, 15) is 19.5 Å². The summed E-state index contributed by atoms with van der Waals surface area (Å²) in [4.78, 5) is 37.8. The number of para-hydroxylation sites is 1. The fraction of sp³-hybridized carbons (Fsp3) is 0.136. The van der Waals surface area contributed by atoms with Gasteiger partial charge in [-0.15, -0.1) is 0 Å². The van der Waals surface area contributed by atoms with Gasteiger partial charge in [-0.3, -0.25) is 19.1 Å². The van der Waals surface area contributed by atoms with E-state index >= 15 is 0 Å². The molecule has 0 aliphatic rings. The Morgan fingerprint density at radius 2 is 1.66 bits per heavy atom. The van der Waals surface area contributed by atoms with Crippen LogP contribution in [0.25, 0.3) is 11.8 Å². The van der Waals surface area contributed by atoms with Crippen molar-refractivity contribution >= 4 is 23.5 Å². The lowest BCUT2D eigenvalue weighted by Gasteiger charge is -2.07. The molecule has 0 spiro atoms. The Morgan fingerprint density at radius 3 is 2.24 bits per heavy atom. The molecule has 1 heterocycles. The van der Waals surface area contributed by atoms with Gasteiger partial charge in [0.25, 0.3) is 11.5 Å². The standard InChI is InChI=1S/C22H21N3O4/c1-14-20(22(29)25(24(14)3)17-7-5-4-6-8-17)23-21(28)19(15(2)26)13-16-9-11-18(27)12-10-16/h4-13,27H,1-3H3,(H,23,28). The molecular weight excluding hydrogens is 370 g/mol. The van der Waals surface area contributed by atoms with Gasteiger partial charge in [-0.25, -0.2) is 4.68 Å². The summed E-state index contributed by atoms with van der Waals surface area (Å²) in [5, 5.41) is 12.0. The molecule has 1 amide bonds. The topological polar surface area (TPSA) is 93.3 Å². The van der Waals surface area contributed by atoms with Gasteiger partial charge in [0.15, 0.2) is 5.78 Å². The third-order valence-electron chi connectivity index (χ3n) is 4.62. The van der Waals surface area contributed by atoms with E-state index in [-0.39, 0.29) is 17.0 Å². The van der Waals surface area contributed by atoms with E-state index in [4.69, 9.17) is 0 Å². The number of hydrogen-bond acceptors (Lipinski definition) is 4. The Morgan fingerprint density at radius 1 is 1.03 bits per heavy atom. The summed E-state index contributed by atoms with van der Waals surface area (Å²) < 4.78 is 3.09. The first-order chi connectivity index (χ1) is 13.8.